The molecule has 5 N–H and O–H groups in total. The van der Waals surface area contributed by atoms with Gasteiger partial charge < -0.3 is 21.7 Å². The van der Waals surface area contributed by atoms with E-state index in [1.807, 2.05) is 0 Å². The van der Waals surface area contributed by atoms with E-state index in [4.69, 9.17) is 5.73 Å². The summed E-state index contributed by atoms with van der Waals surface area (Å²) in [7, 11) is 0. The molecule has 5 heteroatoms. The molecule has 0 saturated heterocycles. The molecular formula is C30H59ClN4. The Morgan fingerprint density at radius 1 is 0.714 bits per heavy atom. The summed E-state index contributed by atoms with van der Waals surface area (Å²) in [6.45, 7) is 16.4. The van der Waals surface area contributed by atoms with Crippen LogP contribution < -0.4 is 21.7 Å². The Morgan fingerprint density at radius 3 is 1.69 bits per heavy atom. The van der Waals surface area contributed by atoms with Crippen molar-refractivity contribution in [1.29, 1.82) is 0 Å². The third kappa shape index (κ3) is 6.96. The molecular weight excluding hydrogens is 452 g/mol. The summed E-state index contributed by atoms with van der Waals surface area (Å²) in [5.41, 5.74) is 6.71. The summed E-state index contributed by atoms with van der Waals surface area (Å²) in [5.74, 6) is 6.00. The zero-order chi connectivity index (χ0) is 24.2. The summed E-state index contributed by atoms with van der Waals surface area (Å²) in [5, 5.41) is 11.1. The van der Waals surface area contributed by atoms with Crippen LogP contribution in [-0.2, 0) is 0 Å². The first kappa shape index (κ1) is 29.7. The Bertz CT molecular complexity index is 581. The van der Waals surface area contributed by atoms with Crippen LogP contribution in [0.1, 0.15) is 98.3 Å². The van der Waals surface area contributed by atoms with E-state index in [0.717, 1.165) is 74.8 Å². The number of halogens is 1. The quantitative estimate of drug-likeness (QED) is 0.204. The van der Waals surface area contributed by atoms with E-state index in [1.54, 1.807) is 0 Å². The maximum Gasteiger partial charge on any atom is 0.00793 e. The minimum absolute atomic E-state index is 0. The van der Waals surface area contributed by atoms with Crippen LogP contribution in [0.2, 0.25) is 0 Å². The smallest absolute Gasteiger partial charge is 0.00793 e. The Kier molecular flexibility index (Phi) is 11.3. The summed E-state index contributed by atoms with van der Waals surface area (Å²) < 4.78 is 0. The van der Waals surface area contributed by atoms with Crippen LogP contribution in [0, 0.1) is 46.3 Å². The van der Waals surface area contributed by atoms with E-state index in [9.17, 15) is 0 Å². The molecule has 4 fully saturated rings. The maximum absolute atomic E-state index is 5.54. The first-order chi connectivity index (χ1) is 16.3. The van der Waals surface area contributed by atoms with E-state index >= 15 is 0 Å². The second kappa shape index (κ2) is 13.3. The first-order valence-corrected chi connectivity index (χ1v) is 15.2. The number of hydrogen-bond acceptors (Lipinski definition) is 4. The van der Waals surface area contributed by atoms with Crippen LogP contribution in [0.3, 0.4) is 0 Å². The average molecular weight is 511 g/mol. The lowest BCUT2D eigenvalue weighted by Gasteiger charge is -2.40. The maximum atomic E-state index is 5.54. The molecule has 0 amide bonds. The van der Waals surface area contributed by atoms with Crippen molar-refractivity contribution in [3.63, 3.8) is 0 Å². The molecule has 0 spiro atoms. The highest BCUT2D eigenvalue weighted by atomic mass is 35.5. The van der Waals surface area contributed by atoms with Crippen LogP contribution in [0.5, 0.6) is 0 Å². The molecule has 4 bridgehead atoms. The number of fused-ring (bicyclic) bond motifs is 4. The van der Waals surface area contributed by atoms with Gasteiger partial charge in [0.1, 0.15) is 0 Å². The number of nitrogens with two attached hydrogens (primary N) is 1. The van der Waals surface area contributed by atoms with Gasteiger partial charge in [-0.1, -0.05) is 27.7 Å². The molecule has 0 radical (unpaired) electrons. The van der Waals surface area contributed by atoms with Crippen molar-refractivity contribution in [2.75, 3.05) is 39.3 Å². The van der Waals surface area contributed by atoms with Crippen molar-refractivity contribution in [2.45, 2.75) is 104 Å². The summed E-state index contributed by atoms with van der Waals surface area (Å²) in [6.07, 6.45) is 16.0. The molecule has 6 atom stereocenters. The number of hydrogen-bond donors (Lipinski definition) is 4. The third-order valence-corrected chi connectivity index (χ3v) is 11.5. The van der Waals surface area contributed by atoms with Crippen molar-refractivity contribution in [1.82, 2.24) is 16.0 Å². The summed E-state index contributed by atoms with van der Waals surface area (Å²) in [4.78, 5) is 0. The highest BCUT2D eigenvalue weighted by Gasteiger charge is 2.53. The minimum atomic E-state index is 0. The first-order valence-electron chi connectivity index (χ1n) is 15.2. The summed E-state index contributed by atoms with van der Waals surface area (Å²) >= 11 is 0. The largest absolute Gasteiger partial charge is 0.329 e. The van der Waals surface area contributed by atoms with Gasteiger partial charge in [-0.05, 0) is 130 Å². The lowest BCUT2D eigenvalue weighted by molar-refractivity contribution is 0.0996. The zero-order valence-electron chi connectivity index (χ0n) is 23.5. The third-order valence-electron chi connectivity index (χ3n) is 11.5. The fraction of sp³-hybridized carbons (Fsp3) is 1.00. The fourth-order valence-corrected chi connectivity index (χ4v) is 9.32. The van der Waals surface area contributed by atoms with Gasteiger partial charge in [0.15, 0.2) is 0 Å². The Labute approximate surface area is 223 Å². The van der Waals surface area contributed by atoms with E-state index in [1.165, 1.54) is 70.6 Å². The molecule has 0 aromatic carbocycles. The van der Waals surface area contributed by atoms with Crippen LogP contribution in [0.15, 0.2) is 0 Å². The van der Waals surface area contributed by atoms with E-state index in [-0.39, 0.29) is 12.4 Å². The molecule has 0 aliphatic heterocycles. The van der Waals surface area contributed by atoms with Gasteiger partial charge in [0, 0.05) is 32.2 Å². The fourth-order valence-electron chi connectivity index (χ4n) is 9.32. The lowest BCUT2D eigenvalue weighted by Crippen LogP contribution is -2.39. The molecule has 0 heterocycles. The van der Waals surface area contributed by atoms with Crippen LogP contribution in [-0.4, -0.2) is 45.3 Å². The van der Waals surface area contributed by atoms with Gasteiger partial charge in [0.2, 0.25) is 0 Å². The highest BCUT2D eigenvalue weighted by Crippen LogP contribution is 2.62. The molecule has 4 aliphatic rings. The van der Waals surface area contributed by atoms with Gasteiger partial charge in [0.25, 0.3) is 0 Å². The van der Waals surface area contributed by atoms with Crippen molar-refractivity contribution < 1.29 is 0 Å². The Balaban J connectivity index is 0.00000342. The van der Waals surface area contributed by atoms with Gasteiger partial charge in [-0.15, -0.1) is 12.4 Å². The van der Waals surface area contributed by atoms with E-state index in [0.29, 0.717) is 16.9 Å². The molecule has 35 heavy (non-hydrogen) atoms. The number of rotatable bonds is 16. The van der Waals surface area contributed by atoms with Crippen molar-refractivity contribution in [3.05, 3.63) is 0 Å². The molecule has 206 valence electrons. The normalized spacial score (nSPS) is 34.9. The van der Waals surface area contributed by atoms with Crippen LogP contribution >= 0.6 is 12.4 Å². The second-order valence-electron chi connectivity index (χ2n) is 13.8. The van der Waals surface area contributed by atoms with Crippen molar-refractivity contribution in [2.24, 2.45) is 52.1 Å². The monoisotopic (exact) mass is 510 g/mol. The minimum Gasteiger partial charge on any atom is -0.329 e. The predicted molar refractivity (Wildman–Crippen MR) is 153 cm³/mol. The molecule has 0 aromatic heterocycles. The predicted octanol–water partition coefficient (Wildman–Crippen LogP) is 5.60. The van der Waals surface area contributed by atoms with Gasteiger partial charge in [-0.25, -0.2) is 0 Å². The zero-order valence-corrected chi connectivity index (χ0v) is 24.4. The van der Waals surface area contributed by atoms with Crippen molar-refractivity contribution >= 4 is 12.4 Å². The number of nitrogens with one attached hydrogen (secondary N) is 3. The highest BCUT2D eigenvalue weighted by molar-refractivity contribution is 5.85. The lowest BCUT2D eigenvalue weighted by atomic mass is 9.66. The molecule has 4 aliphatic carbocycles. The molecule has 0 aromatic rings. The van der Waals surface area contributed by atoms with Crippen LogP contribution in [0.25, 0.3) is 0 Å². The SMILES string of the molecule is CC1(C)C2CCC(C2)C1CCC(CCC1C2CCC(C2)C1(C)C)NCCNCCCNCCN.Cl. The second-order valence-corrected chi connectivity index (χ2v) is 13.8. The standard InChI is InChI=1S/C30H58N4.ClH/c1-29(2)24-8-6-22(20-24)27(29)12-10-26(34-19-18-33-16-5-15-32-17-14-31)11-13-28-23-7-9-25(21-23)30(28,3)4;/h22-28,32-34H,5-21,31H2,1-4H3;1H. The Morgan fingerprint density at radius 2 is 1.23 bits per heavy atom. The molecule has 6 unspecified atom stereocenters. The van der Waals surface area contributed by atoms with Gasteiger partial charge in [-0.2, -0.15) is 0 Å². The van der Waals surface area contributed by atoms with Gasteiger partial charge in [-0.3, -0.25) is 0 Å². The molecule has 4 rings (SSSR count). The van der Waals surface area contributed by atoms with Gasteiger partial charge in [0.05, 0.1) is 0 Å². The molecule has 4 nitrogen and oxygen atoms in total. The Hall–Kier alpha value is 0.130. The van der Waals surface area contributed by atoms with E-state index in [2.05, 4.69) is 43.6 Å². The van der Waals surface area contributed by atoms with Gasteiger partial charge >= 0.3 is 0 Å². The van der Waals surface area contributed by atoms with Crippen LogP contribution in [0.4, 0.5) is 0 Å². The average Bonchev–Trinajstić information content (AvgIpc) is 3.55. The summed E-state index contributed by atoms with van der Waals surface area (Å²) in [6, 6.07) is 0.706. The van der Waals surface area contributed by atoms with E-state index < -0.39 is 0 Å². The van der Waals surface area contributed by atoms with Crippen molar-refractivity contribution in [3.8, 4) is 0 Å². The topological polar surface area (TPSA) is 62.1 Å². The molecule has 4 saturated carbocycles.